The Bertz CT molecular complexity index is 405. The topological polar surface area (TPSA) is 32.7 Å². The molecule has 1 heterocycles. The molecule has 1 aromatic rings. The van der Waals surface area contributed by atoms with Gasteiger partial charge in [0.2, 0.25) is 0 Å². The lowest BCUT2D eigenvalue weighted by atomic mass is 9.77. The summed E-state index contributed by atoms with van der Waals surface area (Å²) in [5, 5.41) is 9.54. The second-order valence-electron chi connectivity index (χ2n) is 6.02. The van der Waals surface area contributed by atoms with E-state index in [1.807, 2.05) is 12.1 Å². The first kappa shape index (κ1) is 15.3. The molecule has 0 amide bonds. The van der Waals surface area contributed by atoms with Crippen LogP contribution in [0.25, 0.3) is 0 Å². The predicted molar refractivity (Wildman–Crippen MR) is 82.2 cm³/mol. The Hall–Kier alpha value is -1.06. The maximum absolute atomic E-state index is 9.54. The molecule has 1 N–H and O–H groups in total. The average Bonchev–Trinajstić information content (AvgIpc) is 2.48. The van der Waals surface area contributed by atoms with Crippen molar-refractivity contribution >= 4 is 0 Å². The third-order valence-electron chi connectivity index (χ3n) is 4.67. The average molecular weight is 277 g/mol. The van der Waals surface area contributed by atoms with Gasteiger partial charge < -0.3 is 9.84 Å². The molecule has 20 heavy (non-hydrogen) atoms. The van der Waals surface area contributed by atoms with Crippen molar-refractivity contribution in [3.8, 4) is 5.75 Å². The van der Waals surface area contributed by atoms with Crippen LogP contribution in [0.15, 0.2) is 24.3 Å². The zero-order chi connectivity index (χ0) is 14.4. The van der Waals surface area contributed by atoms with Crippen molar-refractivity contribution in [2.75, 3.05) is 32.8 Å². The fourth-order valence-electron chi connectivity index (χ4n) is 2.87. The number of aliphatic hydroxyl groups excluding tert-OH is 1. The van der Waals surface area contributed by atoms with Crippen molar-refractivity contribution in [2.24, 2.45) is 5.41 Å². The van der Waals surface area contributed by atoms with Gasteiger partial charge in [0.25, 0.3) is 0 Å². The Balaban J connectivity index is 1.71. The second kappa shape index (κ2) is 7.09. The van der Waals surface area contributed by atoms with Crippen LogP contribution in [0.5, 0.6) is 5.75 Å². The van der Waals surface area contributed by atoms with E-state index in [4.69, 9.17) is 4.74 Å². The van der Waals surface area contributed by atoms with E-state index in [0.717, 1.165) is 51.3 Å². The second-order valence-corrected chi connectivity index (χ2v) is 6.02. The molecule has 112 valence electrons. The van der Waals surface area contributed by atoms with E-state index in [9.17, 15) is 5.11 Å². The minimum absolute atomic E-state index is 0.175. The Morgan fingerprint density at radius 3 is 2.65 bits per heavy atom. The van der Waals surface area contributed by atoms with Crippen LogP contribution < -0.4 is 4.74 Å². The molecule has 1 aliphatic rings. The van der Waals surface area contributed by atoms with Crippen LogP contribution in [0, 0.1) is 12.3 Å². The fraction of sp³-hybridized carbons (Fsp3) is 0.647. The van der Waals surface area contributed by atoms with Crippen LogP contribution in [0.2, 0.25) is 0 Å². The van der Waals surface area contributed by atoms with Crippen LogP contribution in [0.4, 0.5) is 0 Å². The summed E-state index contributed by atoms with van der Waals surface area (Å²) in [6.07, 6.45) is 3.28. The van der Waals surface area contributed by atoms with Crippen LogP contribution >= 0.6 is 0 Å². The minimum Gasteiger partial charge on any atom is -0.492 e. The fourth-order valence-corrected chi connectivity index (χ4v) is 2.87. The van der Waals surface area contributed by atoms with Crippen LogP contribution in [-0.2, 0) is 0 Å². The zero-order valence-corrected chi connectivity index (χ0v) is 12.8. The lowest BCUT2D eigenvalue weighted by molar-refractivity contribution is 0.0366. The molecule has 0 unspecified atom stereocenters. The number of rotatable bonds is 6. The number of aryl methyl sites for hydroxylation is 1. The van der Waals surface area contributed by atoms with E-state index >= 15 is 0 Å². The molecule has 3 heteroatoms. The molecule has 0 aromatic heterocycles. The number of aliphatic hydroxyl groups is 1. The highest BCUT2D eigenvalue weighted by Crippen LogP contribution is 2.33. The lowest BCUT2D eigenvalue weighted by Crippen LogP contribution is -2.43. The summed E-state index contributed by atoms with van der Waals surface area (Å²) in [4.78, 5) is 2.44. The van der Waals surface area contributed by atoms with Gasteiger partial charge in [-0.25, -0.2) is 0 Å². The molecule has 0 bridgehead atoms. The Morgan fingerprint density at radius 2 is 2.05 bits per heavy atom. The number of piperidine rings is 1. The van der Waals surface area contributed by atoms with E-state index in [1.165, 1.54) is 5.56 Å². The summed E-state index contributed by atoms with van der Waals surface area (Å²) in [6, 6.07) is 8.19. The maximum Gasteiger partial charge on any atom is 0.119 e. The molecule has 1 fully saturated rings. The standard InChI is InChI=1S/C17H27NO2/c1-3-17(14-19)7-9-18(10-8-17)11-12-20-16-6-4-5-15(2)13-16/h4-6,13,19H,3,7-12,14H2,1-2H3. The number of ether oxygens (including phenoxy) is 1. The Morgan fingerprint density at radius 1 is 1.30 bits per heavy atom. The molecule has 1 aromatic carbocycles. The van der Waals surface area contributed by atoms with Gasteiger partial charge in [0.1, 0.15) is 12.4 Å². The smallest absolute Gasteiger partial charge is 0.119 e. The largest absolute Gasteiger partial charge is 0.492 e. The van der Waals surface area contributed by atoms with Gasteiger partial charge in [-0.1, -0.05) is 19.1 Å². The quantitative estimate of drug-likeness (QED) is 0.868. The van der Waals surface area contributed by atoms with Crippen molar-refractivity contribution in [1.29, 1.82) is 0 Å². The Labute approximate surface area is 122 Å². The van der Waals surface area contributed by atoms with Crippen LogP contribution in [0.1, 0.15) is 31.7 Å². The lowest BCUT2D eigenvalue weighted by Gasteiger charge is -2.40. The highest BCUT2D eigenvalue weighted by Gasteiger charge is 2.31. The molecule has 1 saturated heterocycles. The van der Waals surface area contributed by atoms with Crippen molar-refractivity contribution in [3.05, 3.63) is 29.8 Å². The van der Waals surface area contributed by atoms with E-state index in [2.05, 4.69) is 30.9 Å². The zero-order valence-electron chi connectivity index (χ0n) is 12.8. The first-order valence-electron chi connectivity index (χ1n) is 7.70. The molecule has 0 saturated carbocycles. The summed E-state index contributed by atoms with van der Waals surface area (Å²) < 4.78 is 5.80. The van der Waals surface area contributed by atoms with Gasteiger partial charge in [-0.05, 0) is 62.4 Å². The van der Waals surface area contributed by atoms with Gasteiger partial charge in [0.15, 0.2) is 0 Å². The number of likely N-dealkylation sites (tertiary alicyclic amines) is 1. The van der Waals surface area contributed by atoms with Gasteiger partial charge in [-0.15, -0.1) is 0 Å². The van der Waals surface area contributed by atoms with Crippen molar-refractivity contribution in [2.45, 2.75) is 33.1 Å². The van der Waals surface area contributed by atoms with Gasteiger partial charge in [-0.3, -0.25) is 4.90 Å². The Kier molecular flexibility index (Phi) is 5.44. The summed E-state index contributed by atoms with van der Waals surface area (Å²) >= 11 is 0. The molecule has 0 aliphatic carbocycles. The third kappa shape index (κ3) is 3.97. The van der Waals surface area contributed by atoms with Gasteiger partial charge in [-0.2, -0.15) is 0 Å². The third-order valence-corrected chi connectivity index (χ3v) is 4.67. The maximum atomic E-state index is 9.54. The molecule has 3 nitrogen and oxygen atoms in total. The minimum atomic E-state index is 0.175. The van der Waals surface area contributed by atoms with E-state index < -0.39 is 0 Å². The summed E-state index contributed by atoms with van der Waals surface area (Å²) in [6.45, 7) is 8.46. The van der Waals surface area contributed by atoms with E-state index in [-0.39, 0.29) is 5.41 Å². The van der Waals surface area contributed by atoms with Gasteiger partial charge >= 0.3 is 0 Å². The molecular formula is C17H27NO2. The van der Waals surface area contributed by atoms with Crippen LogP contribution in [0.3, 0.4) is 0 Å². The van der Waals surface area contributed by atoms with Gasteiger partial charge in [0, 0.05) is 13.2 Å². The number of hydrogen-bond acceptors (Lipinski definition) is 3. The van der Waals surface area contributed by atoms with Crippen molar-refractivity contribution in [1.82, 2.24) is 4.90 Å². The van der Waals surface area contributed by atoms with Crippen molar-refractivity contribution < 1.29 is 9.84 Å². The first-order chi connectivity index (χ1) is 9.67. The van der Waals surface area contributed by atoms with Crippen LogP contribution in [-0.4, -0.2) is 42.9 Å². The summed E-state index contributed by atoms with van der Waals surface area (Å²) in [5.74, 6) is 0.959. The summed E-state index contributed by atoms with van der Waals surface area (Å²) in [7, 11) is 0. The van der Waals surface area contributed by atoms with Gasteiger partial charge in [0.05, 0.1) is 0 Å². The molecule has 0 radical (unpaired) electrons. The highest BCUT2D eigenvalue weighted by molar-refractivity contribution is 5.27. The molecule has 0 atom stereocenters. The van der Waals surface area contributed by atoms with E-state index in [1.54, 1.807) is 0 Å². The number of benzene rings is 1. The van der Waals surface area contributed by atoms with Crippen molar-refractivity contribution in [3.63, 3.8) is 0 Å². The predicted octanol–water partition coefficient (Wildman–Crippen LogP) is 2.86. The molecule has 2 rings (SSSR count). The highest BCUT2D eigenvalue weighted by atomic mass is 16.5. The monoisotopic (exact) mass is 277 g/mol. The number of hydrogen-bond donors (Lipinski definition) is 1. The summed E-state index contributed by atoms with van der Waals surface area (Å²) in [5.41, 5.74) is 1.41. The normalized spacial score (nSPS) is 18.9. The molecule has 0 spiro atoms. The first-order valence-corrected chi connectivity index (χ1v) is 7.70. The number of nitrogens with zero attached hydrogens (tertiary/aromatic N) is 1. The SMILES string of the molecule is CCC1(CO)CCN(CCOc2cccc(C)c2)CC1. The van der Waals surface area contributed by atoms with E-state index in [0.29, 0.717) is 6.61 Å². The molecule has 1 aliphatic heterocycles. The molecular weight excluding hydrogens is 250 g/mol.